The van der Waals surface area contributed by atoms with Gasteiger partial charge < -0.3 is 15.5 Å². The average Bonchev–Trinajstić information content (AvgIpc) is 2.36. The van der Waals surface area contributed by atoms with E-state index in [1.807, 2.05) is 6.92 Å². The van der Waals surface area contributed by atoms with Gasteiger partial charge in [0, 0.05) is 24.9 Å². The first-order valence-electron chi connectivity index (χ1n) is 5.51. The number of nitrogen functional groups attached to an aromatic ring is 1. The maximum absolute atomic E-state index is 11.7. The van der Waals surface area contributed by atoms with Crippen LogP contribution in [0.4, 0.5) is 5.69 Å². The molecular formula is C12H19N3O2. The van der Waals surface area contributed by atoms with Gasteiger partial charge in [-0.2, -0.15) is 0 Å². The standard InChI is InChI=1S/C12H19N3O2/c1-9(8-17-2)7-14-12(16)10-3-5-11(15-13)6-4-10/h3-6,9,15H,7-8,13H2,1-2H3,(H,14,16). The lowest BCUT2D eigenvalue weighted by molar-refractivity contribution is 0.0934. The van der Waals surface area contributed by atoms with Crippen LogP contribution < -0.4 is 16.6 Å². The Kier molecular flexibility index (Phi) is 5.45. The Morgan fingerprint density at radius 2 is 2.06 bits per heavy atom. The Labute approximate surface area is 101 Å². The zero-order valence-corrected chi connectivity index (χ0v) is 10.2. The third-order valence-electron chi connectivity index (χ3n) is 2.38. The van der Waals surface area contributed by atoms with Gasteiger partial charge in [-0.1, -0.05) is 6.92 Å². The number of hydrazine groups is 1. The number of anilines is 1. The Morgan fingerprint density at radius 1 is 1.41 bits per heavy atom. The molecule has 0 aromatic heterocycles. The molecule has 1 amide bonds. The zero-order chi connectivity index (χ0) is 12.7. The monoisotopic (exact) mass is 237 g/mol. The zero-order valence-electron chi connectivity index (χ0n) is 10.2. The largest absolute Gasteiger partial charge is 0.384 e. The van der Waals surface area contributed by atoms with Crippen LogP contribution in [0.2, 0.25) is 0 Å². The first-order chi connectivity index (χ1) is 8.17. The maximum Gasteiger partial charge on any atom is 0.251 e. The van der Waals surface area contributed by atoms with E-state index in [9.17, 15) is 4.79 Å². The molecule has 1 unspecified atom stereocenters. The van der Waals surface area contributed by atoms with Crippen molar-refractivity contribution < 1.29 is 9.53 Å². The first-order valence-corrected chi connectivity index (χ1v) is 5.51. The number of benzene rings is 1. The molecule has 4 N–H and O–H groups in total. The quantitative estimate of drug-likeness (QED) is 0.509. The third-order valence-corrected chi connectivity index (χ3v) is 2.38. The highest BCUT2D eigenvalue weighted by atomic mass is 16.5. The number of hydrogen-bond acceptors (Lipinski definition) is 4. The molecule has 0 fully saturated rings. The molecule has 0 aliphatic carbocycles. The Morgan fingerprint density at radius 3 is 2.59 bits per heavy atom. The van der Waals surface area contributed by atoms with Crippen molar-refractivity contribution in [3.8, 4) is 0 Å². The molecule has 1 rings (SSSR count). The molecule has 5 nitrogen and oxygen atoms in total. The lowest BCUT2D eigenvalue weighted by Crippen LogP contribution is -2.29. The summed E-state index contributed by atoms with van der Waals surface area (Å²) in [5.41, 5.74) is 3.90. The molecule has 0 aliphatic heterocycles. The second kappa shape index (κ2) is 6.88. The molecule has 0 aliphatic rings. The first kappa shape index (κ1) is 13.5. The van der Waals surface area contributed by atoms with E-state index in [0.29, 0.717) is 24.6 Å². The van der Waals surface area contributed by atoms with E-state index < -0.39 is 0 Å². The number of ether oxygens (including phenoxy) is 1. The molecule has 0 heterocycles. The number of carbonyl (C=O) groups is 1. The van der Waals surface area contributed by atoms with Gasteiger partial charge in [-0.05, 0) is 30.2 Å². The van der Waals surface area contributed by atoms with E-state index >= 15 is 0 Å². The average molecular weight is 237 g/mol. The summed E-state index contributed by atoms with van der Waals surface area (Å²) in [6, 6.07) is 6.97. The van der Waals surface area contributed by atoms with Crippen molar-refractivity contribution in [3.05, 3.63) is 29.8 Å². The minimum Gasteiger partial charge on any atom is -0.384 e. The van der Waals surface area contributed by atoms with Crippen molar-refractivity contribution in [2.45, 2.75) is 6.92 Å². The summed E-state index contributed by atoms with van der Waals surface area (Å²) in [7, 11) is 1.65. The normalized spacial score (nSPS) is 11.9. The number of rotatable bonds is 6. The Balaban J connectivity index is 2.46. The van der Waals surface area contributed by atoms with Crippen molar-refractivity contribution in [3.63, 3.8) is 0 Å². The summed E-state index contributed by atoms with van der Waals surface area (Å²) < 4.78 is 5.00. The van der Waals surface area contributed by atoms with Crippen molar-refractivity contribution in [1.29, 1.82) is 0 Å². The topological polar surface area (TPSA) is 76.4 Å². The van der Waals surface area contributed by atoms with Crippen molar-refractivity contribution in [2.24, 2.45) is 11.8 Å². The number of amides is 1. The van der Waals surface area contributed by atoms with E-state index in [2.05, 4.69) is 10.7 Å². The van der Waals surface area contributed by atoms with E-state index in [4.69, 9.17) is 10.6 Å². The SMILES string of the molecule is COCC(C)CNC(=O)c1ccc(NN)cc1. The van der Waals surface area contributed by atoms with Gasteiger partial charge in [0.1, 0.15) is 0 Å². The van der Waals surface area contributed by atoms with Crippen LogP contribution in [0, 0.1) is 5.92 Å². The van der Waals surface area contributed by atoms with Gasteiger partial charge in [0.2, 0.25) is 0 Å². The molecule has 1 aromatic carbocycles. The predicted molar refractivity (Wildman–Crippen MR) is 67.6 cm³/mol. The molecule has 1 atom stereocenters. The lowest BCUT2D eigenvalue weighted by atomic mass is 10.1. The van der Waals surface area contributed by atoms with Crippen LogP contribution >= 0.6 is 0 Å². The molecule has 17 heavy (non-hydrogen) atoms. The molecule has 0 spiro atoms. The smallest absolute Gasteiger partial charge is 0.251 e. The van der Waals surface area contributed by atoms with E-state index in [0.717, 1.165) is 5.69 Å². The van der Waals surface area contributed by atoms with Crippen LogP contribution in [0.25, 0.3) is 0 Å². The van der Waals surface area contributed by atoms with Crippen molar-refractivity contribution >= 4 is 11.6 Å². The maximum atomic E-state index is 11.7. The number of nitrogens with one attached hydrogen (secondary N) is 2. The predicted octanol–water partition coefficient (Wildman–Crippen LogP) is 0.984. The molecular weight excluding hydrogens is 218 g/mol. The third kappa shape index (κ3) is 4.42. The van der Waals surface area contributed by atoms with E-state index in [1.165, 1.54) is 0 Å². The molecule has 0 bridgehead atoms. The van der Waals surface area contributed by atoms with Crippen LogP contribution in [0.15, 0.2) is 24.3 Å². The summed E-state index contributed by atoms with van der Waals surface area (Å²) in [6.07, 6.45) is 0. The summed E-state index contributed by atoms with van der Waals surface area (Å²) in [5.74, 6) is 5.46. The van der Waals surface area contributed by atoms with Crippen LogP contribution in [0.1, 0.15) is 17.3 Å². The number of nitrogens with two attached hydrogens (primary N) is 1. The Bertz CT molecular complexity index is 351. The number of methoxy groups -OCH3 is 1. The highest BCUT2D eigenvalue weighted by Gasteiger charge is 2.07. The van der Waals surface area contributed by atoms with Gasteiger partial charge in [-0.3, -0.25) is 10.6 Å². The van der Waals surface area contributed by atoms with Crippen molar-refractivity contribution in [1.82, 2.24) is 5.32 Å². The molecule has 94 valence electrons. The van der Waals surface area contributed by atoms with E-state index in [1.54, 1.807) is 31.4 Å². The van der Waals surface area contributed by atoms with Gasteiger partial charge >= 0.3 is 0 Å². The van der Waals surface area contributed by atoms with Gasteiger partial charge in [0.05, 0.1) is 6.61 Å². The number of carbonyl (C=O) groups excluding carboxylic acids is 1. The molecule has 5 heteroatoms. The molecule has 1 aromatic rings. The summed E-state index contributed by atoms with van der Waals surface area (Å²) in [6.45, 7) is 3.26. The van der Waals surface area contributed by atoms with E-state index in [-0.39, 0.29) is 5.91 Å². The molecule has 0 saturated heterocycles. The minimum absolute atomic E-state index is 0.0866. The fourth-order valence-electron chi connectivity index (χ4n) is 1.43. The second-order valence-electron chi connectivity index (χ2n) is 3.99. The van der Waals surface area contributed by atoms with Crippen molar-refractivity contribution in [2.75, 3.05) is 25.7 Å². The fourth-order valence-corrected chi connectivity index (χ4v) is 1.43. The van der Waals surface area contributed by atoms with Gasteiger partial charge in [0.15, 0.2) is 0 Å². The van der Waals surface area contributed by atoms with Crippen LogP contribution in [-0.2, 0) is 4.74 Å². The van der Waals surface area contributed by atoms with Crippen LogP contribution in [0.3, 0.4) is 0 Å². The highest BCUT2D eigenvalue weighted by Crippen LogP contribution is 2.07. The highest BCUT2D eigenvalue weighted by molar-refractivity contribution is 5.94. The molecule has 0 saturated carbocycles. The summed E-state index contributed by atoms with van der Waals surface area (Å²) in [4.78, 5) is 11.7. The Hall–Kier alpha value is -1.59. The fraction of sp³-hybridized carbons (Fsp3) is 0.417. The summed E-state index contributed by atoms with van der Waals surface area (Å²) in [5, 5.41) is 2.85. The van der Waals surface area contributed by atoms with Gasteiger partial charge in [-0.15, -0.1) is 0 Å². The molecule has 0 radical (unpaired) electrons. The van der Waals surface area contributed by atoms with Crippen LogP contribution in [0.5, 0.6) is 0 Å². The summed E-state index contributed by atoms with van der Waals surface area (Å²) >= 11 is 0. The van der Waals surface area contributed by atoms with Crippen LogP contribution in [-0.4, -0.2) is 26.2 Å². The lowest BCUT2D eigenvalue weighted by Gasteiger charge is -2.11. The second-order valence-corrected chi connectivity index (χ2v) is 3.99. The minimum atomic E-state index is -0.0866. The van der Waals surface area contributed by atoms with Gasteiger partial charge in [0.25, 0.3) is 5.91 Å². The number of hydrogen-bond donors (Lipinski definition) is 3. The van der Waals surface area contributed by atoms with Gasteiger partial charge in [-0.25, -0.2) is 0 Å².